The summed E-state index contributed by atoms with van der Waals surface area (Å²) in [4.78, 5) is 13.6. The van der Waals surface area contributed by atoms with Crippen LogP contribution in [0.3, 0.4) is 0 Å². The van der Waals surface area contributed by atoms with Gasteiger partial charge in [-0.15, -0.1) is 0 Å². The monoisotopic (exact) mass is 319 g/mol. The van der Waals surface area contributed by atoms with Crippen molar-refractivity contribution in [3.63, 3.8) is 0 Å². The summed E-state index contributed by atoms with van der Waals surface area (Å²) in [7, 11) is 0. The molecular formula is C15H20F3NO3. The van der Waals surface area contributed by atoms with E-state index >= 15 is 0 Å². The molecule has 1 amide bonds. The van der Waals surface area contributed by atoms with Crippen LogP contribution >= 0.6 is 0 Å². The summed E-state index contributed by atoms with van der Waals surface area (Å²) in [5.74, 6) is -0.646. The van der Waals surface area contributed by atoms with Crippen LogP contribution in [0.5, 0.6) is 0 Å². The maximum atomic E-state index is 13.3. The number of amides is 1. The van der Waals surface area contributed by atoms with Gasteiger partial charge >= 0.3 is 6.18 Å². The second kappa shape index (κ2) is 5.95. The maximum Gasteiger partial charge on any atom is 0.425 e. The topological polar surface area (TPSA) is 53.7 Å². The van der Waals surface area contributed by atoms with Crippen molar-refractivity contribution in [3.05, 3.63) is 23.7 Å². The van der Waals surface area contributed by atoms with E-state index in [1.165, 1.54) is 17.9 Å². The molecule has 1 unspecified atom stereocenters. The predicted molar refractivity (Wildman–Crippen MR) is 73.0 cm³/mol. The van der Waals surface area contributed by atoms with Crippen LogP contribution in [0, 0.1) is 12.8 Å². The number of likely N-dealkylation sites (tertiary alicyclic amines) is 1. The van der Waals surface area contributed by atoms with Gasteiger partial charge in [-0.3, -0.25) is 4.79 Å². The molecule has 1 fully saturated rings. The van der Waals surface area contributed by atoms with Crippen LogP contribution in [-0.2, 0) is 10.4 Å². The molecule has 0 spiro atoms. The van der Waals surface area contributed by atoms with Crippen molar-refractivity contribution in [3.8, 4) is 0 Å². The van der Waals surface area contributed by atoms with Crippen LogP contribution < -0.4 is 0 Å². The highest BCUT2D eigenvalue weighted by molar-refractivity contribution is 5.77. The quantitative estimate of drug-likeness (QED) is 0.932. The molecule has 1 N–H and O–H groups in total. The number of aryl methyl sites for hydroxylation is 1. The maximum absolute atomic E-state index is 13.3. The van der Waals surface area contributed by atoms with Gasteiger partial charge in [-0.05, 0) is 37.8 Å². The number of piperidine rings is 1. The molecule has 0 aromatic carbocycles. The minimum atomic E-state index is -4.99. The number of hydrogen-bond donors (Lipinski definition) is 1. The molecular weight excluding hydrogens is 299 g/mol. The van der Waals surface area contributed by atoms with Gasteiger partial charge in [0.15, 0.2) is 0 Å². The lowest BCUT2D eigenvalue weighted by molar-refractivity contribution is -0.274. The van der Waals surface area contributed by atoms with E-state index in [0.717, 1.165) is 18.9 Å². The SMILES string of the molecule is Cc1ccc(C(O)(CC(=O)N2CCC(C)CC2)C(F)(F)F)o1. The highest BCUT2D eigenvalue weighted by atomic mass is 19.4. The summed E-state index contributed by atoms with van der Waals surface area (Å²) < 4.78 is 44.9. The van der Waals surface area contributed by atoms with Crippen molar-refractivity contribution in [1.29, 1.82) is 0 Å². The standard InChI is InChI=1S/C15H20F3NO3/c1-10-5-7-19(8-6-10)13(20)9-14(21,15(16,17)18)12-4-3-11(2)22-12/h3-4,10,21H,5-9H2,1-2H3. The highest BCUT2D eigenvalue weighted by Gasteiger charge is 2.58. The Morgan fingerprint density at radius 2 is 1.95 bits per heavy atom. The number of halogens is 3. The molecule has 1 aliphatic heterocycles. The van der Waals surface area contributed by atoms with Crippen molar-refractivity contribution in [2.45, 2.75) is 44.9 Å². The molecule has 1 aliphatic rings. The third-order valence-corrected chi connectivity index (χ3v) is 4.16. The van der Waals surface area contributed by atoms with Gasteiger partial charge in [0.25, 0.3) is 0 Å². The van der Waals surface area contributed by atoms with Gasteiger partial charge in [0.1, 0.15) is 11.5 Å². The Labute approximate surface area is 126 Å². The molecule has 1 saturated heterocycles. The fraction of sp³-hybridized carbons (Fsp3) is 0.667. The molecule has 0 saturated carbocycles. The zero-order valence-corrected chi connectivity index (χ0v) is 12.6. The third-order valence-electron chi connectivity index (χ3n) is 4.16. The molecule has 1 atom stereocenters. The van der Waals surface area contributed by atoms with Crippen LogP contribution in [0.2, 0.25) is 0 Å². The Morgan fingerprint density at radius 3 is 2.41 bits per heavy atom. The van der Waals surface area contributed by atoms with E-state index in [-0.39, 0.29) is 5.76 Å². The summed E-state index contributed by atoms with van der Waals surface area (Å²) in [6.07, 6.45) is -4.53. The molecule has 1 aromatic rings. The zero-order chi connectivity index (χ0) is 16.5. The number of aliphatic hydroxyl groups is 1. The number of hydrogen-bond acceptors (Lipinski definition) is 3. The van der Waals surface area contributed by atoms with Crippen molar-refractivity contribution in [1.82, 2.24) is 4.90 Å². The minimum absolute atomic E-state index is 0.247. The van der Waals surface area contributed by atoms with Crippen molar-refractivity contribution in [2.75, 3.05) is 13.1 Å². The first-order chi connectivity index (χ1) is 10.1. The molecule has 7 heteroatoms. The van der Waals surface area contributed by atoms with Crippen molar-refractivity contribution in [2.24, 2.45) is 5.92 Å². The molecule has 0 radical (unpaired) electrons. The van der Waals surface area contributed by atoms with E-state index in [2.05, 4.69) is 0 Å². The van der Waals surface area contributed by atoms with Gasteiger partial charge in [0.2, 0.25) is 11.5 Å². The van der Waals surface area contributed by atoms with E-state index in [1.54, 1.807) is 0 Å². The molecule has 124 valence electrons. The number of rotatable bonds is 3. The summed E-state index contributed by atoms with van der Waals surface area (Å²) in [6, 6.07) is 2.40. The fourth-order valence-corrected chi connectivity index (χ4v) is 2.57. The van der Waals surface area contributed by atoms with Gasteiger partial charge in [-0.25, -0.2) is 0 Å². The van der Waals surface area contributed by atoms with Gasteiger partial charge in [0, 0.05) is 13.1 Å². The Hall–Kier alpha value is -1.50. The van der Waals surface area contributed by atoms with Crippen LogP contribution in [0.1, 0.15) is 37.7 Å². The van der Waals surface area contributed by atoms with E-state index in [1.807, 2.05) is 6.92 Å². The van der Waals surface area contributed by atoms with Crippen molar-refractivity contribution < 1.29 is 27.5 Å². The lowest BCUT2D eigenvalue weighted by atomic mass is 9.93. The number of furan rings is 1. The normalized spacial score (nSPS) is 20.0. The number of alkyl halides is 3. The van der Waals surface area contributed by atoms with Gasteiger partial charge in [-0.2, -0.15) is 13.2 Å². The molecule has 1 aromatic heterocycles. The lowest BCUT2D eigenvalue weighted by Crippen LogP contribution is -2.48. The summed E-state index contributed by atoms with van der Waals surface area (Å²) in [5, 5.41) is 10.1. The second-order valence-corrected chi connectivity index (χ2v) is 6.01. The van der Waals surface area contributed by atoms with E-state index < -0.39 is 29.9 Å². The summed E-state index contributed by atoms with van der Waals surface area (Å²) in [5.41, 5.74) is -3.29. The smallest absolute Gasteiger partial charge is 0.425 e. The van der Waals surface area contributed by atoms with E-state index in [9.17, 15) is 23.1 Å². The lowest BCUT2D eigenvalue weighted by Gasteiger charge is -2.34. The molecule has 2 heterocycles. The van der Waals surface area contributed by atoms with Crippen molar-refractivity contribution >= 4 is 5.91 Å². The number of nitrogens with zero attached hydrogens (tertiary/aromatic N) is 1. The predicted octanol–water partition coefficient (Wildman–Crippen LogP) is 2.99. The molecule has 0 aliphatic carbocycles. The first-order valence-corrected chi connectivity index (χ1v) is 7.27. The van der Waals surface area contributed by atoms with Crippen LogP contribution in [-0.4, -0.2) is 35.2 Å². The number of carbonyl (C=O) groups excluding carboxylic acids is 1. The van der Waals surface area contributed by atoms with Gasteiger partial charge in [0.05, 0.1) is 6.42 Å². The molecule has 4 nitrogen and oxygen atoms in total. The minimum Gasteiger partial charge on any atom is -0.463 e. The summed E-state index contributed by atoms with van der Waals surface area (Å²) >= 11 is 0. The van der Waals surface area contributed by atoms with Gasteiger partial charge < -0.3 is 14.4 Å². The molecule has 2 rings (SSSR count). The largest absolute Gasteiger partial charge is 0.463 e. The zero-order valence-electron chi connectivity index (χ0n) is 12.6. The Bertz CT molecular complexity index is 532. The molecule has 0 bridgehead atoms. The number of carbonyl (C=O) groups is 1. The van der Waals surface area contributed by atoms with Gasteiger partial charge in [-0.1, -0.05) is 6.92 Å². The van der Waals surface area contributed by atoms with Crippen LogP contribution in [0.15, 0.2) is 16.5 Å². The highest BCUT2D eigenvalue weighted by Crippen LogP contribution is 2.42. The first kappa shape index (κ1) is 16.9. The third kappa shape index (κ3) is 3.29. The second-order valence-electron chi connectivity index (χ2n) is 6.01. The van der Waals surface area contributed by atoms with E-state index in [4.69, 9.17) is 4.42 Å². The Kier molecular flexibility index (Phi) is 4.56. The first-order valence-electron chi connectivity index (χ1n) is 7.27. The average molecular weight is 319 g/mol. The summed E-state index contributed by atoms with van der Waals surface area (Å²) in [6.45, 7) is 4.36. The Balaban J connectivity index is 2.19. The van der Waals surface area contributed by atoms with Crippen LogP contribution in [0.4, 0.5) is 13.2 Å². The average Bonchev–Trinajstić information content (AvgIpc) is 2.85. The fourth-order valence-electron chi connectivity index (χ4n) is 2.57. The molecule has 22 heavy (non-hydrogen) atoms. The Morgan fingerprint density at radius 1 is 1.36 bits per heavy atom. The van der Waals surface area contributed by atoms with Crippen LogP contribution in [0.25, 0.3) is 0 Å². The van der Waals surface area contributed by atoms with E-state index in [0.29, 0.717) is 19.0 Å².